The van der Waals surface area contributed by atoms with E-state index in [0.717, 1.165) is 43.5 Å². The van der Waals surface area contributed by atoms with Crippen LogP contribution < -0.4 is 16.0 Å². The van der Waals surface area contributed by atoms with Crippen LogP contribution in [0.1, 0.15) is 34.5 Å². The molecule has 0 aromatic carbocycles. The second-order valence-corrected chi connectivity index (χ2v) is 6.33. The van der Waals surface area contributed by atoms with Gasteiger partial charge in [0.25, 0.3) is 0 Å². The number of nitrogen functional groups attached to an aromatic ring is 1. The first-order valence-electron chi connectivity index (χ1n) is 8.43. The lowest BCUT2D eigenvalue weighted by Crippen LogP contribution is -2.55. The largest absolute Gasteiger partial charge is 0.472 e. The van der Waals surface area contributed by atoms with Gasteiger partial charge >= 0.3 is 0 Å². The molecular formula is C17H21N5O2. The van der Waals surface area contributed by atoms with E-state index in [-0.39, 0.29) is 11.8 Å². The van der Waals surface area contributed by atoms with Crippen LogP contribution in [0, 0.1) is 0 Å². The number of nitrogens with one attached hydrogen (secondary N) is 1. The Bertz CT molecular complexity index is 744. The molecular weight excluding hydrogens is 306 g/mol. The van der Waals surface area contributed by atoms with Crippen LogP contribution in [0.15, 0.2) is 23.0 Å². The fourth-order valence-corrected chi connectivity index (χ4v) is 3.51. The van der Waals surface area contributed by atoms with Crippen LogP contribution in [0.25, 0.3) is 0 Å². The van der Waals surface area contributed by atoms with Gasteiger partial charge in [0, 0.05) is 25.2 Å². The Morgan fingerprint density at radius 2 is 2.21 bits per heavy atom. The molecule has 1 fully saturated rings. The summed E-state index contributed by atoms with van der Waals surface area (Å²) in [5, 5.41) is 3.27. The Morgan fingerprint density at radius 3 is 3.04 bits per heavy atom. The van der Waals surface area contributed by atoms with Gasteiger partial charge in [-0.05, 0) is 31.7 Å². The molecule has 126 valence electrons. The Morgan fingerprint density at radius 1 is 1.33 bits per heavy atom. The number of rotatable bonds is 3. The molecule has 24 heavy (non-hydrogen) atoms. The summed E-state index contributed by atoms with van der Waals surface area (Å²) in [6.45, 7) is 2.02. The van der Waals surface area contributed by atoms with Gasteiger partial charge < -0.3 is 20.4 Å². The molecule has 1 aliphatic carbocycles. The van der Waals surface area contributed by atoms with Gasteiger partial charge in [-0.15, -0.1) is 0 Å². The topological polar surface area (TPSA) is 97.3 Å². The van der Waals surface area contributed by atoms with E-state index >= 15 is 0 Å². The van der Waals surface area contributed by atoms with E-state index in [1.807, 2.05) is 4.90 Å². The molecule has 7 heteroatoms. The quantitative estimate of drug-likeness (QED) is 0.817. The normalized spacial score (nSPS) is 20.7. The van der Waals surface area contributed by atoms with Crippen LogP contribution in [-0.2, 0) is 12.8 Å². The van der Waals surface area contributed by atoms with Crippen molar-refractivity contribution in [3.63, 3.8) is 0 Å². The number of carbonyl (C=O) groups excluding carboxylic acids is 1. The molecule has 0 radical (unpaired) electrons. The maximum Gasteiger partial charge on any atom is 0.228 e. The van der Waals surface area contributed by atoms with Gasteiger partial charge in [-0.2, -0.15) is 4.98 Å². The van der Waals surface area contributed by atoms with Crippen molar-refractivity contribution in [3.8, 4) is 0 Å². The van der Waals surface area contributed by atoms with Crippen LogP contribution in [0.3, 0.4) is 0 Å². The molecule has 0 amide bonds. The zero-order chi connectivity index (χ0) is 16.5. The summed E-state index contributed by atoms with van der Waals surface area (Å²) in [5.74, 6) is 1.13. The highest BCUT2D eigenvalue weighted by molar-refractivity contribution is 6.01. The van der Waals surface area contributed by atoms with Crippen LogP contribution in [0.2, 0.25) is 0 Å². The van der Waals surface area contributed by atoms with E-state index < -0.39 is 0 Å². The molecule has 0 spiro atoms. The predicted octanol–water partition coefficient (Wildman–Crippen LogP) is 1.19. The third kappa shape index (κ3) is 2.65. The summed E-state index contributed by atoms with van der Waals surface area (Å²) in [4.78, 5) is 24.0. The van der Waals surface area contributed by atoms with Gasteiger partial charge in [-0.1, -0.05) is 0 Å². The minimum absolute atomic E-state index is 0.0100. The van der Waals surface area contributed by atoms with Crippen molar-refractivity contribution in [2.75, 3.05) is 30.3 Å². The van der Waals surface area contributed by atoms with Crippen molar-refractivity contribution in [1.29, 1.82) is 0 Å². The van der Waals surface area contributed by atoms with Gasteiger partial charge in [0.2, 0.25) is 5.95 Å². The third-order valence-electron chi connectivity index (χ3n) is 4.81. The Kier molecular flexibility index (Phi) is 3.93. The number of piperazine rings is 1. The lowest BCUT2D eigenvalue weighted by molar-refractivity contribution is 0.0949. The smallest absolute Gasteiger partial charge is 0.228 e. The number of nitrogens with zero attached hydrogens (tertiary/aromatic N) is 3. The van der Waals surface area contributed by atoms with Gasteiger partial charge in [-0.25, -0.2) is 4.98 Å². The molecule has 4 rings (SSSR count). The predicted molar refractivity (Wildman–Crippen MR) is 90.1 cm³/mol. The molecule has 3 N–H and O–H groups in total. The molecule has 3 heterocycles. The van der Waals surface area contributed by atoms with Crippen molar-refractivity contribution in [2.24, 2.45) is 0 Å². The lowest BCUT2D eigenvalue weighted by atomic mass is 9.96. The monoisotopic (exact) mass is 327 g/mol. The number of furan rings is 1. The Balaban J connectivity index is 1.68. The van der Waals surface area contributed by atoms with Crippen LogP contribution in [0.5, 0.6) is 0 Å². The molecule has 0 saturated carbocycles. The molecule has 1 saturated heterocycles. The molecule has 7 nitrogen and oxygen atoms in total. The number of fused-ring (bicyclic) bond motifs is 1. The maximum atomic E-state index is 12.8. The fraction of sp³-hybridized carbons (Fsp3) is 0.471. The fourth-order valence-electron chi connectivity index (χ4n) is 3.51. The summed E-state index contributed by atoms with van der Waals surface area (Å²) in [7, 11) is 0. The van der Waals surface area contributed by atoms with Gasteiger partial charge in [0.1, 0.15) is 18.1 Å². The van der Waals surface area contributed by atoms with E-state index in [2.05, 4.69) is 10.3 Å². The summed E-state index contributed by atoms with van der Waals surface area (Å²) < 4.78 is 5.05. The van der Waals surface area contributed by atoms with Crippen LogP contribution >= 0.6 is 0 Å². The summed E-state index contributed by atoms with van der Waals surface area (Å²) in [6.07, 6.45) is 7.14. The highest BCUT2D eigenvalue weighted by Gasteiger charge is 2.32. The van der Waals surface area contributed by atoms with Crippen LogP contribution in [-0.4, -0.2) is 41.4 Å². The SMILES string of the molecule is Nc1nc(N2CCNCC2C(=O)c2ccoc2)nc2c1CCCC2. The molecule has 2 aliphatic rings. The number of aryl methyl sites for hydroxylation is 1. The number of ketones is 1. The highest BCUT2D eigenvalue weighted by atomic mass is 16.3. The molecule has 2 aromatic rings. The zero-order valence-corrected chi connectivity index (χ0v) is 13.5. The zero-order valence-electron chi connectivity index (χ0n) is 13.5. The van der Waals surface area contributed by atoms with E-state index in [1.54, 1.807) is 6.07 Å². The van der Waals surface area contributed by atoms with Crippen molar-refractivity contribution in [1.82, 2.24) is 15.3 Å². The number of Topliss-reactive ketones (excluding diaryl/α,β-unsaturated/α-hetero) is 1. The summed E-state index contributed by atoms with van der Waals surface area (Å²) in [5.41, 5.74) is 8.86. The van der Waals surface area contributed by atoms with E-state index in [0.29, 0.717) is 30.4 Å². The number of hydrogen-bond acceptors (Lipinski definition) is 7. The maximum absolute atomic E-state index is 12.8. The van der Waals surface area contributed by atoms with Crippen molar-refractivity contribution < 1.29 is 9.21 Å². The summed E-state index contributed by atoms with van der Waals surface area (Å²) >= 11 is 0. The average Bonchev–Trinajstić information content (AvgIpc) is 3.16. The molecule has 1 aliphatic heterocycles. The van der Waals surface area contributed by atoms with Gasteiger partial charge in [-0.3, -0.25) is 4.79 Å². The van der Waals surface area contributed by atoms with Crippen LogP contribution in [0.4, 0.5) is 11.8 Å². The minimum atomic E-state index is -0.350. The number of carbonyl (C=O) groups is 1. The summed E-state index contributed by atoms with van der Waals surface area (Å²) in [6, 6.07) is 1.34. The molecule has 1 unspecified atom stereocenters. The standard InChI is InChI=1S/C17H21N5O2/c18-16-12-3-1-2-4-13(12)20-17(21-16)22-7-6-19-9-14(22)15(23)11-5-8-24-10-11/h5,8,10,14,19H,1-4,6-7,9H2,(H2,18,20,21). The lowest BCUT2D eigenvalue weighted by Gasteiger charge is -2.35. The van der Waals surface area contributed by atoms with Crippen molar-refractivity contribution in [2.45, 2.75) is 31.7 Å². The number of hydrogen-bond donors (Lipinski definition) is 2. The number of anilines is 2. The first kappa shape index (κ1) is 15.1. The second kappa shape index (κ2) is 6.24. The Hall–Kier alpha value is -2.41. The number of aromatic nitrogens is 2. The van der Waals surface area contributed by atoms with E-state index in [4.69, 9.17) is 15.1 Å². The van der Waals surface area contributed by atoms with E-state index in [9.17, 15) is 4.79 Å². The average molecular weight is 327 g/mol. The van der Waals surface area contributed by atoms with Crippen molar-refractivity contribution in [3.05, 3.63) is 35.4 Å². The van der Waals surface area contributed by atoms with Gasteiger partial charge in [0.05, 0.1) is 17.5 Å². The number of nitrogens with two attached hydrogens (primary N) is 1. The Labute approximate surface area is 140 Å². The third-order valence-corrected chi connectivity index (χ3v) is 4.81. The molecule has 1 atom stereocenters. The first-order valence-corrected chi connectivity index (χ1v) is 8.43. The van der Waals surface area contributed by atoms with E-state index in [1.165, 1.54) is 12.5 Å². The van der Waals surface area contributed by atoms with Gasteiger partial charge in [0.15, 0.2) is 5.78 Å². The minimum Gasteiger partial charge on any atom is -0.472 e. The van der Waals surface area contributed by atoms with Crippen molar-refractivity contribution >= 4 is 17.5 Å². The second-order valence-electron chi connectivity index (χ2n) is 6.33. The highest BCUT2D eigenvalue weighted by Crippen LogP contribution is 2.27. The molecule has 2 aromatic heterocycles. The molecule has 0 bridgehead atoms. The first-order chi connectivity index (χ1) is 11.7.